The molecule has 0 radical (unpaired) electrons. The second-order valence-corrected chi connectivity index (χ2v) is 4.51. The number of nitrogens with two attached hydrogens (primary N) is 1. The number of nitrogen functional groups attached to an aromatic ring is 1. The Kier molecular flexibility index (Phi) is 3.97. The number of aromatic nitrogens is 2. The standard InChI is InChI=1S/C13H13ClN4O/c1-18(8-9-2-4-16-5-3-9)13(19)10-6-11(14)12(15)17-7-10/h2-7H,8H2,1H3,(H2,15,17). The van der Waals surface area contributed by atoms with E-state index in [1.54, 1.807) is 24.3 Å². The number of nitrogens with zero attached hydrogens (tertiary/aromatic N) is 3. The zero-order chi connectivity index (χ0) is 13.8. The quantitative estimate of drug-likeness (QED) is 0.930. The van der Waals surface area contributed by atoms with E-state index in [1.165, 1.54) is 12.3 Å². The molecule has 2 rings (SSSR count). The highest BCUT2D eigenvalue weighted by atomic mass is 35.5. The van der Waals surface area contributed by atoms with Crippen molar-refractivity contribution in [2.75, 3.05) is 12.8 Å². The molecule has 5 nitrogen and oxygen atoms in total. The van der Waals surface area contributed by atoms with E-state index >= 15 is 0 Å². The molecule has 0 spiro atoms. The molecular formula is C13H13ClN4O. The van der Waals surface area contributed by atoms with Gasteiger partial charge in [-0.2, -0.15) is 0 Å². The lowest BCUT2D eigenvalue weighted by atomic mass is 10.2. The van der Waals surface area contributed by atoms with Gasteiger partial charge in [-0.25, -0.2) is 4.98 Å². The van der Waals surface area contributed by atoms with E-state index in [4.69, 9.17) is 17.3 Å². The molecule has 0 aliphatic heterocycles. The first-order valence-corrected chi connectivity index (χ1v) is 6.01. The first-order valence-electron chi connectivity index (χ1n) is 5.63. The van der Waals surface area contributed by atoms with Crippen LogP contribution in [0.3, 0.4) is 0 Å². The van der Waals surface area contributed by atoms with Crippen molar-refractivity contribution in [1.82, 2.24) is 14.9 Å². The van der Waals surface area contributed by atoms with Crippen LogP contribution in [0.1, 0.15) is 15.9 Å². The Balaban J connectivity index is 2.12. The van der Waals surface area contributed by atoms with E-state index < -0.39 is 0 Å². The second kappa shape index (κ2) is 5.67. The molecule has 0 fully saturated rings. The number of halogens is 1. The van der Waals surface area contributed by atoms with Gasteiger partial charge in [0.2, 0.25) is 0 Å². The smallest absolute Gasteiger partial charge is 0.255 e. The number of anilines is 1. The minimum absolute atomic E-state index is 0.161. The van der Waals surface area contributed by atoms with Crippen molar-refractivity contribution >= 4 is 23.3 Å². The monoisotopic (exact) mass is 276 g/mol. The highest BCUT2D eigenvalue weighted by Gasteiger charge is 2.13. The third-order valence-electron chi connectivity index (χ3n) is 2.63. The molecule has 98 valence electrons. The fourth-order valence-corrected chi connectivity index (χ4v) is 1.79. The van der Waals surface area contributed by atoms with E-state index in [1.807, 2.05) is 12.1 Å². The minimum Gasteiger partial charge on any atom is -0.382 e. The molecule has 6 heteroatoms. The molecule has 0 bridgehead atoms. The largest absolute Gasteiger partial charge is 0.382 e. The lowest BCUT2D eigenvalue weighted by molar-refractivity contribution is 0.0784. The molecule has 2 heterocycles. The number of carbonyl (C=O) groups excluding carboxylic acids is 1. The zero-order valence-electron chi connectivity index (χ0n) is 10.4. The van der Waals surface area contributed by atoms with Gasteiger partial charge in [0.1, 0.15) is 5.82 Å². The molecule has 0 saturated heterocycles. The van der Waals surface area contributed by atoms with Gasteiger partial charge in [-0.3, -0.25) is 9.78 Å². The summed E-state index contributed by atoms with van der Waals surface area (Å²) in [6.45, 7) is 0.489. The SMILES string of the molecule is CN(Cc1ccncc1)C(=O)c1cnc(N)c(Cl)c1. The highest BCUT2D eigenvalue weighted by molar-refractivity contribution is 6.33. The number of rotatable bonds is 3. The Hall–Kier alpha value is -2.14. The van der Waals surface area contributed by atoms with Crippen LogP contribution in [0.25, 0.3) is 0 Å². The van der Waals surface area contributed by atoms with Gasteiger partial charge in [-0.05, 0) is 23.8 Å². The van der Waals surface area contributed by atoms with Crippen LogP contribution in [0, 0.1) is 0 Å². The summed E-state index contributed by atoms with van der Waals surface area (Å²) < 4.78 is 0. The van der Waals surface area contributed by atoms with Crippen LogP contribution in [0.5, 0.6) is 0 Å². The van der Waals surface area contributed by atoms with Crippen molar-refractivity contribution in [2.45, 2.75) is 6.54 Å². The molecule has 0 aliphatic carbocycles. The summed E-state index contributed by atoms with van der Waals surface area (Å²) in [6, 6.07) is 5.24. The Morgan fingerprint density at radius 3 is 2.74 bits per heavy atom. The van der Waals surface area contributed by atoms with Crippen molar-refractivity contribution in [2.24, 2.45) is 0 Å². The van der Waals surface area contributed by atoms with E-state index in [9.17, 15) is 4.79 Å². The predicted molar refractivity (Wildman–Crippen MR) is 73.7 cm³/mol. The fraction of sp³-hybridized carbons (Fsp3) is 0.154. The molecule has 0 saturated carbocycles. The zero-order valence-corrected chi connectivity index (χ0v) is 11.1. The third kappa shape index (κ3) is 3.20. The van der Waals surface area contributed by atoms with Gasteiger partial charge in [0.15, 0.2) is 0 Å². The van der Waals surface area contributed by atoms with Crippen LogP contribution in [-0.4, -0.2) is 27.8 Å². The van der Waals surface area contributed by atoms with Crippen LogP contribution >= 0.6 is 11.6 Å². The van der Waals surface area contributed by atoms with Gasteiger partial charge in [-0.1, -0.05) is 11.6 Å². The number of hydrogen-bond donors (Lipinski definition) is 1. The minimum atomic E-state index is -0.161. The van der Waals surface area contributed by atoms with E-state index in [0.717, 1.165) is 5.56 Å². The first kappa shape index (κ1) is 13.3. The van der Waals surface area contributed by atoms with E-state index in [0.29, 0.717) is 12.1 Å². The lowest BCUT2D eigenvalue weighted by Crippen LogP contribution is -2.26. The van der Waals surface area contributed by atoms with Gasteiger partial charge >= 0.3 is 0 Å². The van der Waals surface area contributed by atoms with Gasteiger partial charge in [0.25, 0.3) is 5.91 Å². The highest BCUT2D eigenvalue weighted by Crippen LogP contribution is 2.18. The van der Waals surface area contributed by atoms with Gasteiger partial charge in [0, 0.05) is 32.2 Å². The molecule has 1 amide bonds. The second-order valence-electron chi connectivity index (χ2n) is 4.11. The van der Waals surface area contributed by atoms with Crippen molar-refractivity contribution in [3.63, 3.8) is 0 Å². The molecule has 2 aromatic heterocycles. The van der Waals surface area contributed by atoms with Crippen molar-refractivity contribution < 1.29 is 4.79 Å². The summed E-state index contributed by atoms with van der Waals surface area (Å²) >= 11 is 5.86. The number of pyridine rings is 2. The molecule has 19 heavy (non-hydrogen) atoms. The molecule has 2 aromatic rings. The Bertz CT molecular complexity index is 588. The average molecular weight is 277 g/mol. The molecule has 2 N–H and O–H groups in total. The molecule has 0 atom stereocenters. The Morgan fingerprint density at radius 1 is 1.42 bits per heavy atom. The summed E-state index contributed by atoms with van der Waals surface area (Å²) in [4.78, 5) is 21.6. The van der Waals surface area contributed by atoms with Crippen molar-refractivity contribution in [3.05, 3.63) is 52.9 Å². The fourth-order valence-electron chi connectivity index (χ4n) is 1.62. The number of carbonyl (C=O) groups is 1. The average Bonchev–Trinajstić information content (AvgIpc) is 2.42. The van der Waals surface area contributed by atoms with Crippen molar-refractivity contribution in [1.29, 1.82) is 0 Å². The topological polar surface area (TPSA) is 72.1 Å². The van der Waals surface area contributed by atoms with Gasteiger partial charge in [0.05, 0.1) is 10.6 Å². The van der Waals surface area contributed by atoms with Crippen LogP contribution < -0.4 is 5.73 Å². The van der Waals surface area contributed by atoms with Crippen LogP contribution in [0.15, 0.2) is 36.8 Å². The molecule has 0 unspecified atom stereocenters. The van der Waals surface area contributed by atoms with Crippen LogP contribution in [0.4, 0.5) is 5.82 Å². The maximum absolute atomic E-state index is 12.2. The summed E-state index contributed by atoms with van der Waals surface area (Å²) in [5.41, 5.74) is 6.93. The summed E-state index contributed by atoms with van der Waals surface area (Å²) in [6.07, 6.45) is 4.80. The summed E-state index contributed by atoms with van der Waals surface area (Å²) in [7, 11) is 1.72. The predicted octanol–water partition coefficient (Wildman–Crippen LogP) is 1.98. The molecule has 0 aromatic carbocycles. The van der Waals surface area contributed by atoms with E-state index in [2.05, 4.69) is 9.97 Å². The Morgan fingerprint density at radius 2 is 2.11 bits per heavy atom. The first-order chi connectivity index (χ1) is 9.08. The van der Waals surface area contributed by atoms with E-state index in [-0.39, 0.29) is 16.7 Å². The normalized spacial score (nSPS) is 10.2. The van der Waals surface area contributed by atoms with Crippen molar-refractivity contribution in [3.8, 4) is 0 Å². The summed E-state index contributed by atoms with van der Waals surface area (Å²) in [5.74, 6) is 0.0567. The maximum atomic E-state index is 12.2. The summed E-state index contributed by atoms with van der Waals surface area (Å²) in [5, 5.41) is 0.281. The van der Waals surface area contributed by atoms with Crippen LogP contribution in [0.2, 0.25) is 5.02 Å². The number of amides is 1. The van der Waals surface area contributed by atoms with Gasteiger partial charge in [-0.15, -0.1) is 0 Å². The lowest BCUT2D eigenvalue weighted by Gasteiger charge is -2.17. The third-order valence-corrected chi connectivity index (χ3v) is 2.94. The van der Waals surface area contributed by atoms with Crippen LogP contribution in [-0.2, 0) is 6.54 Å². The molecular weight excluding hydrogens is 264 g/mol. The van der Waals surface area contributed by atoms with Gasteiger partial charge < -0.3 is 10.6 Å². The number of hydrogen-bond acceptors (Lipinski definition) is 4. The Labute approximate surface area is 116 Å². The maximum Gasteiger partial charge on any atom is 0.255 e. The molecule has 0 aliphatic rings.